The van der Waals surface area contributed by atoms with Gasteiger partial charge in [-0.05, 0) is 81.1 Å². The average molecular weight is 473 g/mol. The van der Waals surface area contributed by atoms with Gasteiger partial charge in [0.05, 0.1) is 25.5 Å². The molecule has 5 rings (SSSR count). The van der Waals surface area contributed by atoms with Gasteiger partial charge in [-0.3, -0.25) is 4.79 Å². The van der Waals surface area contributed by atoms with Crippen LogP contribution in [0, 0.1) is 29.1 Å². The van der Waals surface area contributed by atoms with Crippen LogP contribution in [0.3, 0.4) is 0 Å². The maximum atomic E-state index is 13.4. The van der Waals surface area contributed by atoms with E-state index in [0.717, 1.165) is 5.92 Å². The van der Waals surface area contributed by atoms with Crippen molar-refractivity contribution in [2.75, 3.05) is 13.7 Å². The quantitative estimate of drug-likeness (QED) is 0.582. The number of amides is 2. The number of carbonyl (C=O) groups is 2. The molecule has 0 radical (unpaired) electrons. The number of nitrogens with zero attached hydrogens (tertiary/aromatic N) is 2. The fourth-order valence-corrected chi connectivity index (χ4v) is 6.51. The first-order chi connectivity index (χ1) is 16.0. The Balaban J connectivity index is 1.52. The van der Waals surface area contributed by atoms with Crippen molar-refractivity contribution in [3.63, 3.8) is 0 Å². The highest BCUT2D eigenvalue weighted by atomic mass is 16.5. The van der Waals surface area contributed by atoms with Gasteiger partial charge in [0.2, 0.25) is 5.88 Å². The normalized spacial score (nSPS) is 30.1. The van der Waals surface area contributed by atoms with Crippen molar-refractivity contribution < 1.29 is 19.1 Å². The van der Waals surface area contributed by atoms with Gasteiger partial charge in [-0.1, -0.05) is 20.8 Å². The molecule has 1 aromatic rings. The van der Waals surface area contributed by atoms with E-state index in [0.29, 0.717) is 41.2 Å². The van der Waals surface area contributed by atoms with E-state index in [1.165, 1.54) is 39.2 Å². The maximum absolute atomic E-state index is 13.4. The molecule has 4 fully saturated rings. The predicted molar refractivity (Wildman–Crippen MR) is 130 cm³/mol. The van der Waals surface area contributed by atoms with Crippen LogP contribution < -0.4 is 15.4 Å². The highest BCUT2D eigenvalue weighted by Crippen LogP contribution is 2.59. The summed E-state index contributed by atoms with van der Waals surface area (Å²) < 4.78 is 12.3. The standard InChI is InChI=1S/C26H40N4O4/c1-16(2)15-34-23-20(14-27-30(23)8-7-25(3,4)29-24(32)33-6)22(31)28-21-18-9-17-10-19(21)13-26(5,11-17)12-18/h7-8,14,16-19,21H,9-13,15H2,1-6H3,(H,28,31)(H,29,32)/b8-7+. The van der Waals surface area contributed by atoms with E-state index in [1.807, 2.05) is 13.8 Å². The van der Waals surface area contributed by atoms with Crippen molar-refractivity contribution in [1.29, 1.82) is 0 Å². The third-order valence-corrected chi connectivity index (χ3v) is 7.67. The summed E-state index contributed by atoms with van der Waals surface area (Å²) >= 11 is 0. The first kappa shape index (κ1) is 24.6. The van der Waals surface area contributed by atoms with Crippen LogP contribution >= 0.6 is 0 Å². The molecule has 2 N–H and O–H groups in total. The molecule has 0 saturated heterocycles. The third-order valence-electron chi connectivity index (χ3n) is 7.67. The van der Waals surface area contributed by atoms with Crippen LogP contribution in [0.4, 0.5) is 4.79 Å². The number of carbonyl (C=O) groups excluding carboxylic acids is 2. The molecule has 188 valence electrons. The van der Waals surface area contributed by atoms with Crippen LogP contribution in [0.25, 0.3) is 6.20 Å². The van der Waals surface area contributed by atoms with E-state index < -0.39 is 11.6 Å². The van der Waals surface area contributed by atoms with E-state index in [4.69, 9.17) is 9.47 Å². The molecule has 8 nitrogen and oxygen atoms in total. The Morgan fingerprint density at radius 2 is 1.94 bits per heavy atom. The van der Waals surface area contributed by atoms with Crippen molar-refractivity contribution >= 4 is 18.2 Å². The summed E-state index contributed by atoms with van der Waals surface area (Å²) in [5, 5.41) is 10.5. The third kappa shape index (κ3) is 5.26. The Hall–Kier alpha value is -2.51. The second-order valence-electron chi connectivity index (χ2n) is 11.9. The van der Waals surface area contributed by atoms with Gasteiger partial charge in [0.1, 0.15) is 5.56 Å². The lowest BCUT2D eigenvalue weighted by Gasteiger charge is -2.59. The number of rotatable bonds is 8. The number of ether oxygens (including phenoxy) is 2. The molecular weight excluding hydrogens is 432 g/mol. The summed E-state index contributed by atoms with van der Waals surface area (Å²) in [5.41, 5.74) is 0.237. The minimum absolute atomic E-state index is 0.118. The Bertz CT molecular complexity index is 935. The molecule has 8 heteroatoms. The van der Waals surface area contributed by atoms with Gasteiger partial charge in [0, 0.05) is 12.2 Å². The second kappa shape index (κ2) is 9.27. The van der Waals surface area contributed by atoms with Gasteiger partial charge in [-0.25, -0.2) is 9.48 Å². The molecule has 4 aliphatic carbocycles. The summed E-state index contributed by atoms with van der Waals surface area (Å²) in [6.45, 7) is 10.7. The fraction of sp³-hybridized carbons (Fsp3) is 0.731. The fourth-order valence-electron chi connectivity index (χ4n) is 6.51. The van der Waals surface area contributed by atoms with Gasteiger partial charge >= 0.3 is 6.09 Å². The number of alkyl carbamates (subject to hydrolysis) is 1. The average Bonchev–Trinajstić information content (AvgIpc) is 3.14. The van der Waals surface area contributed by atoms with Crippen LogP contribution in [-0.2, 0) is 4.74 Å². The first-order valence-corrected chi connectivity index (χ1v) is 12.6. The molecule has 4 bridgehead atoms. The lowest BCUT2D eigenvalue weighted by Crippen LogP contribution is -2.58. The number of hydrogen-bond acceptors (Lipinski definition) is 5. The SMILES string of the molecule is COC(=O)NC(C)(C)/C=C/n1ncc(C(=O)NC2C3CC4CC2CC(C)(C4)C3)c1OCC(C)C. The largest absolute Gasteiger partial charge is 0.477 e. The van der Waals surface area contributed by atoms with Gasteiger partial charge in [0.25, 0.3) is 5.91 Å². The van der Waals surface area contributed by atoms with E-state index in [-0.39, 0.29) is 11.9 Å². The zero-order chi connectivity index (χ0) is 24.7. The summed E-state index contributed by atoms with van der Waals surface area (Å²) in [7, 11) is 1.33. The van der Waals surface area contributed by atoms with E-state index >= 15 is 0 Å². The molecule has 4 aliphatic rings. The van der Waals surface area contributed by atoms with Gasteiger partial charge in [0.15, 0.2) is 0 Å². The minimum atomic E-state index is -0.673. The number of hydrogen-bond donors (Lipinski definition) is 2. The number of nitrogens with one attached hydrogen (secondary N) is 2. The Morgan fingerprint density at radius 1 is 1.26 bits per heavy atom. The van der Waals surface area contributed by atoms with Crippen molar-refractivity contribution in [1.82, 2.24) is 20.4 Å². The number of methoxy groups -OCH3 is 1. The summed E-state index contributed by atoms with van der Waals surface area (Å²) in [5.74, 6) is 2.57. The molecule has 1 aromatic heterocycles. The molecule has 34 heavy (non-hydrogen) atoms. The Labute approximate surface area is 202 Å². The van der Waals surface area contributed by atoms with Crippen LogP contribution in [-0.4, -0.2) is 47.1 Å². The Morgan fingerprint density at radius 3 is 2.53 bits per heavy atom. The molecule has 0 aromatic carbocycles. The zero-order valence-electron chi connectivity index (χ0n) is 21.4. The topological polar surface area (TPSA) is 94.5 Å². The molecule has 0 spiro atoms. The Kier molecular flexibility index (Phi) is 6.71. The molecular formula is C26H40N4O4. The molecule has 4 saturated carbocycles. The zero-order valence-corrected chi connectivity index (χ0v) is 21.4. The smallest absolute Gasteiger partial charge is 0.407 e. The van der Waals surface area contributed by atoms with Crippen LogP contribution in [0.2, 0.25) is 0 Å². The molecule has 1 heterocycles. The van der Waals surface area contributed by atoms with Gasteiger partial charge in [-0.15, -0.1) is 0 Å². The first-order valence-electron chi connectivity index (χ1n) is 12.6. The maximum Gasteiger partial charge on any atom is 0.407 e. The van der Waals surface area contributed by atoms with E-state index in [1.54, 1.807) is 23.2 Å². The predicted octanol–water partition coefficient (Wildman–Crippen LogP) is 4.47. The number of aromatic nitrogens is 2. The molecule has 0 aliphatic heterocycles. The second-order valence-corrected chi connectivity index (χ2v) is 11.9. The van der Waals surface area contributed by atoms with Crippen molar-refractivity contribution in [2.24, 2.45) is 29.1 Å². The van der Waals surface area contributed by atoms with Crippen LogP contribution in [0.1, 0.15) is 77.1 Å². The summed E-state index contributed by atoms with van der Waals surface area (Å²) in [6, 6.07) is 0.233. The highest BCUT2D eigenvalue weighted by molar-refractivity contribution is 5.96. The molecule has 2 amide bonds. The van der Waals surface area contributed by atoms with E-state index in [2.05, 4.69) is 36.5 Å². The minimum Gasteiger partial charge on any atom is -0.477 e. The molecule has 2 unspecified atom stereocenters. The van der Waals surface area contributed by atoms with E-state index in [9.17, 15) is 9.59 Å². The highest BCUT2D eigenvalue weighted by Gasteiger charge is 2.53. The summed E-state index contributed by atoms with van der Waals surface area (Å²) in [6.07, 6.45) is 10.8. The van der Waals surface area contributed by atoms with Crippen molar-refractivity contribution in [2.45, 2.75) is 78.3 Å². The molecule has 2 atom stereocenters. The van der Waals surface area contributed by atoms with Gasteiger partial charge < -0.3 is 20.1 Å². The van der Waals surface area contributed by atoms with Crippen LogP contribution in [0.5, 0.6) is 5.88 Å². The lowest BCUT2D eigenvalue weighted by molar-refractivity contribution is -0.0641. The van der Waals surface area contributed by atoms with Crippen molar-refractivity contribution in [3.8, 4) is 5.88 Å². The lowest BCUT2D eigenvalue weighted by atomic mass is 9.48. The van der Waals surface area contributed by atoms with Crippen LogP contribution in [0.15, 0.2) is 12.3 Å². The van der Waals surface area contributed by atoms with Crippen molar-refractivity contribution in [3.05, 3.63) is 17.8 Å². The summed E-state index contributed by atoms with van der Waals surface area (Å²) in [4.78, 5) is 25.1. The van der Waals surface area contributed by atoms with Gasteiger partial charge in [-0.2, -0.15) is 5.10 Å². The monoisotopic (exact) mass is 472 g/mol.